The van der Waals surface area contributed by atoms with Crippen molar-refractivity contribution in [3.05, 3.63) is 34.4 Å². The first-order chi connectivity index (χ1) is 13.7. The first kappa shape index (κ1) is 19.9. The number of carbonyl (C=O) groups excluding carboxylic acids is 1. The molecule has 0 saturated carbocycles. The number of aromatic amines is 1. The molecule has 0 atom stereocenters. The van der Waals surface area contributed by atoms with Gasteiger partial charge < -0.3 is 20.1 Å². The zero-order chi connectivity index (χ0) is 19.3. The van der Waals surface area contributed by atoms with Crippen LogP contribution in [0.5, 0.6) is 0 Å². The van der Waals surface area contributed by atoms with E-state index in [1.165, 1.54) is 45.3 Å². The number of hydrogen-bond donors (Lipinski definition) is 2. The largest absolute Gasteiger partial charge is 0.350 e. The van der Waals surface area contributed by atoms with E-state index in [-0.39, 0.29) is 11.9 Å². The van der Waals surface area contributed by atoms with E-state index in [1.807, 2.05) is 24.3 Å². The fourth-order valence-corrected chi connectivity index (χ4v) is 4.93. The van der Waals surface area contributed by atoms with E-state index in [0.29, 0.717) is 5.69 Å². The Morgan fingerprint density at radius 3 is 2.39 bits per heavy atom. The van der Waals surface area contributed by atoms with Gasteiger partial charge in [0.05, 0.1) is 0 Å². The lowest BCUT2D eigenvalue weighted by molar-refractivity contribution is 0.0902. The zero-order valence-electron chi connectivity index (χ0n) is 16.6. The van der Waals surface area contributed by atoms with Gasteiger partial charge in [-0.05, 0) is 57.0 Å². The number of piperidine rings is 1. The second-order valence-electron chi connectivity index (χ2n) is 8.23. The normalized spacial score (nSPS) is 20.3. The molecule has 2 aliphatic heterocycles. The summed E-state index contributed by atoms with van der Waals surface area (Å²) in [6, 6.07) is 8.19. The molecule has 6 heteroatoms. The smallest absolute Gasteiger partial charge is 0.267 e. The molecule has 4 rings (SSSR count). The van der Waals surface area contributed by atoms with Crippen molar-refractivity contribution >= 4 is 32.7 Å². The van der Waals surface area contributed by atoms with Gasteiger partial charge in [-0.3, -0.25) is 4.79 Å². The Morgan fingerprint density at radius 2 is 1.71 bits per heavy atom. The van der Waals surface area contributed by atoms with Gasteiger partial charge in [0.1, 0.15) is 5.69 Å². The average molecular weight is 447 g/mol. The van der Waals surface area contributed by atoms with Crippen molar-refractivity contribution in [2.24, 2.45) is 0 Å². The van der Waals surface area contributed by atoms with Crippen LogP contribution in [-0.4, -0.2) is 66.0 Å². The van der Waals surface area contributed by atoms with E-state index in [0.717, 1.165) is 47.9 Å². The molecule has 3 heterocycles. The quantitative estimate of drug-likeness (QED) is 0.729. The summed E-state index contributed by atoms with van der Waals surface area (Å²) in [6.07, 6.45) is 7.59. The second kappa shape index (κ2) is 9.42. The molecule has 1 aromatic heterocycles. The highest BCUT2D eigenvalue weighted by Gasteiger charge is 2.22. The number of likely N-dealkylation sites (tertiary alicyclic amines) is 2. The number of fused-ring (bicyclic) bond motifs is 1. The molecular formula is C22H31BrN4O. The van der Waals surface area contributed by atoms with Gasteiger partial charge in [0.2, 0.25) is 0 Å². The minimum absolute atomic E-state index is 0.00566. The molecule has 0 bridgehead atoms. The molecule has 0 spiro atoms. The van der Waals surface area contributed by atoms with Gasteiger partial charge in [0.15, 0.2) is 0 Å². The number of H-pyrrole nitrogens is 1. The molecule has 0 aliphatic carbocycles. The number of amides is 1. The Hall–Kier alpha value is -1.37. The van der Waals surface area contributed by atoms with Crippen molar-refractivity contribution in [3.8, 4) is 0 Å². The Balaban J connectivity index is 1.23. The van der Waals surface area contributed by atoms with Crippen LogP contribution in [0.4, 0.5) is 0 Å². The van der Waals surface area contributed by atoms with Gasteiger partial charge in [-0.2, -0.15) is 0 Å². The van der Waals surface area contributed by atoms with Crippen molar-refractivity contribution in [3.63, 3.8) is 0 Å². The number of nitrogens with one attached hydrogen (secondary N) is 2. The molecule has 28 heavy (non-hydrogen) atoms. The molecule has 5 nitrogen and oxygen atoms in total. The SMILES string of the molecule is O=C(NC1CCN(CCN2CCCCCC2)CC1)c1cc2c(Br)cccc2[nH]1. The molecule has 2 aliphatic rings. The number of benzene rings is 1. The first-order valence-electron chi connectivity index (χ1n) is 10.7. The number of hydrogen-bond acceptors (Lipinski definition) is 3. The number of carbonyl (C=O) groups is 1. The standard InChI is InChI=1S/C22H31BrN4O/c23-19-6-5-7-20-18(19)16-21(25-20)22(28)24-17-8-12-27(13-9-17)15-14-26-10-3-1-2-4-11-26/h5-7,16-17,25H,1-4,8-15H2,(H,24,28). The Labute approximate surface area is 176 Å². The maximum atomic E-state index is 12.7. The van der Waals surface area contributed by atoms with Crippen LogP contribution < -0.4 is 5.32 Å². The second-order valence-corrected chi connectivity index (χ2v) is 9.08. The monoisotopic (exact) mass is 446 g/mol. The summed E-state index contributed by atoms with van der Waals surface area (Å²) < 4.78 is 1.01. The Bertz CT molecular complexity index is 789. The molecule has 2 N–H and O–H groups in total. The highest BCUT2D eigenvalue weighted by Crippen LogP contribution is 2.24. The van der Waals surface area contributed by atoms with E-state index in [9.17, 15) is 4.79 Å². The number of halogens is 1. The van der Waals surface area contributed by atoms with Crippen LogP contribution in [0.2, 0.25) is 0 Å². The molecule has 152 valence electrons. The van der Waals surface area contributed by atoms with Crippen LogP contribution in [0.1, 0.15) is 49.0 Å². The third kappa shape index (κ3) is 4.97. The van der Waals surface area contributed by atoms with Crippen LogP contribution in [0.25, 0.3) is 10.9 Å². The Kier molecular flexibility index (Phi) is 6.70. The van der Waals surface area contributed by atoms with Crippen LogP contribution in [0.15, 0.2) is 28.7 Å². The summed E-state index contributed by atoms with van der Waals surface area (Å²) in [5.41, 5.74) is 1.63. The minimum atomic E-state index is 0.00566. The number of nitrogens with zero attached hydrogens (tertiary/aromatic N) is 2. The summed E-state index contributed by atoms with van der Waals surface area (Å²) in [6.45, 7) is 7.06. The summed E-state index contributed by atoms with van der Waals surface area (Å²) >= 11 is 3.55. The van der Waals surface area contributed by atoms with Crippen molar-refractivity contribution in [2.75, 3.05) is 39.3 Å². The van der Waals surface area contributed by atoms with Crippen molar-refractivity contribution in [2.45, 2.75) is 44.6 Å². The van der Waals surface area contributed by atoms with Crippen molar-refractivity contribution < 1.29 is 4.79 Å². The minimum Gasteiger partial charge on any atom is -0.350 e. The summed E-state index contributed by atoms with van der Waals surface area (Å²) in [5, 5.41) is 4.28. The first-order valence-corrected chi connectivity index (χ1v) is 11.5. The molecule has 2 fully saturated rings. The van der Waals surface area contributed by atoms with Gasteiger partial charge in [-0.25, -0.2) is 0 Å². The molecule has 2 aromatic rings. The lowest BCUT2D eigenvalue weighted by Crippen LogP contribution is -2.46. The molecule has 0 unspecified atom stereocenters. The van der Waals surface area contributed by atoms with Crippen molar-refractivity contribution in [1.29, 1.82) is 0 Å². The predicted octanol–water partition coefficient (Wildman–Crippen LogP) is 4.00. The summed E-state index contributed by atoms with van der Waals surface area (Å²) in [7, 11) is 0. The van der Waals surface area contributed by atoms with Gasteiger partial charge >= 0.3 is 0 Å². The topological polar surface area (TPSA) is 51.4 Å². The van der Waals surface area contributed by atoms with Crippen LogP contribution in [0, 0.1) is 0 Å². The molecule has 2 saturated heterocycles. The van der Waals surface area contributed by atoms with Gasteiger partial charge in [0, 0.05) is 47.6 Å². The van der Waals surface area contributed by atoms with Crippen LogP contribution in [-0.2, 0) is 0 Å². The van der Waals surface area contributed by atoms with E-state index in [4.69, 9.17) is 0 Å². The van der Waals surface area contributed by atoms with Crippen LogP contribution in [0.3, 0.4) is 0 Å². The lowest BCUT2D eigenvalue weighted by atomic mass is 10.0. The number of aromatic nitrogens is 1. The number of rotatable bonds is 5. The zero-order valence-corrected chi connectivity index (χ0v) is 18.1. The van der Waals surface area contributed by atoms with E-state index < -0.39 is 0 Å². The fourth-order valence-electron chi connectivity index (χ4n) is 4.45. The van der Waals surface area contributed by atoms with Crippen LogP contribution >= 0.6 is 15.9 Å². The summed E-state index contributed by atoms with van der Waals surface area (Å²) in [4.78, 5) is 21.1. The average Bonchev–Trinajstić information content (AvgIpc) is 2.98. The fraction of sp³-hybridized carbons (Fsp3) is 0.591. The Morgan fingerprint density at radius 1 is 1.04 bits per heavy atom. The third-order valence-corrected chi connectivity index (χ3v) is 6.90. The molecular weight excluding hydrogens is 416 g/mol. The van der Waals surface area contributed by atoms with E-state index >= 15 is 0 Å². The third-order valence-electron chi connectivity index (χ3n) is 6.21. The maximum Gasteiger partial charge on any atom is 0.267 e. The van der Waals surface area contributed by atoms with Gasteiger partial charge in [-0.1, -0.05) is 34.8 Å². The van der Waals surface area contributed by atoms with Gasteiger partial charge in [0.25, 0.3) is 5.91 Å². The van der Waals surface area contributed by atoms with Gasteiger partial charge in [-0.15, -0.1) is 0 Å². The molecule has 0 radical (unpaired) electrons. The lowest BCUT2D eigenvalue weighted by Gasteiger charge is -2.33. The highest BCUT2D eigenvalue weighted by atomic mass is 79.9. The van der Waals surface area contributed by atoms with E-state index in [2.05, 4.69) is 36.0 Å². The maximum absolute atomic E-state index is 12.7. The molecule has 1 aromatic carbocycles. The van der Waals surface area contributed by atoms with Crippen molar-refractivity contribution in [1.82, 2.24) is 20.1 Å². The molecule has 1 amide bonds. The predicted molar refractivity (Wildman–Crippen MR) is 118 cm³/mol. The highest BCUT2D eigenvalue weighted by molar-refractivity contribution is 9.10. The van der Waals surface area contributed by atoms with E-state index in [1.54, 1.807) is 0 Å². The summed E-state index contributed by atoms with van der Waals surface area (Å²) in [5.74, 6) is 0.00566.